The monoisotopic (exact) mass is 271 g/mol. The van der Waals surface area contributed by atoms with Crippen LogP contribution in [0.2, 0.25) is 0 Å². The van der Waals surface area contributed by atoms with Gasteiger partial charge in [-0.15, -0.1) is 0 Å². The zero-order chi connectivity index (χ0) is 14.4. The summed E-state index contributed by atoms with van der Waals surface area (Å²) < 4.78 is 4.50. The number of benzene rings is 1. The van der Waals surface area contributed by atoms with E-state index in [0.717, 1.165) is 5.69 Å². The lowest BCUT2D eigenvalue weighted by molar-refractivity contribution is 0.187. The summed E-state index contributed by atoms with van der Waals surface area (Å²) in [6.45, 7) is 2.08. The van der Waals surface area contributed by atoms with Crippen molar-refractivity contribution in [3.63, 3.8) is 0 Å². The van der Waals surface area contributed by atoms with Crippen molar-refractivity contribution in [2.24, 2.45) is 0 Å². The highest BCUT2D eigenvalue weighted by atomic mass is 16.5. The molecule has 1 aromatic heterocycles. The normalized spacial score (nSPS) is 11.5. The van der Waals surface area contributed by atoms with E-state index in [-0.39, 0.29) is 6.04 Å². The minimum atomic E-state index is -0.532. The molecule has 1 heterocycles. The molecule has 1 aromatic carbocycles. The van der Waals surface area contributed by atoms with Gasteiger partial charge < -0.3 is 10.1 Å². The molecule has 0 aliphatic carbocycles. The molecule has 2 aromatic rings. The summed E-state index contributed by atoms with van der Waals surface area (Å²) in [5, 5.41) is 5.85. The Bertz CT molecular complexity index is 555. The Morgan fingerprint density at radius 3 is 2.55 bits per heavy atom. The average Bonchev–Trinajstić information content (AvgIpc) is 2.50. The molecule has 1 atom stereocenters. The van der Waals surface area contributed by atoms with E-state index in [0.29, 0.717) is 5.82 Å². The van der Waals surface area contributed by atoms with Gasteiger partial charge in [0.15, 0.2) is 0 Å². The first-order chi connectivity index (χ1) is 9.69. The van der Waals surface area contributed by atoms with Gasteiger partial charge >= 0.3 is 6.09 Å². The van der Waals surface area contributed by atoms with Crippen LogP contribution in [0.3, 0.4) is 0 Å². The first-order valence-corrected chi connectivity index (χ1v) is 6.31. The number of rotatable bonds is 4. The number of carbonyl (C=O) groups excluding carboxylic acids is 1. The number of carbonyl (C=O) groups is 1. The van der Waals surface area contributed by atoms with E-state index in [1.165, 1.54) is 12.7 Å². The van der Waals surface area contributed by atoms with Crippen LogP contribution in [0.5, 0.6) is 0 Å². The molecular weight excluding hydrogens is 254 g/mol. The van der Waals surface area contributed by atoms with Crippen LogP contribution in [0.15, 0.2) is 48.7 Å². The number of nitrogens with one attached hydrogen (secondary N) is 2. The first kappa shape index (κ1) is 13.9. The summed E-state index contributed by atoms with van der Waals surface area (Å²) in [6.07, 6.45) is 1.14. The molecule has 1 unspecified atom stereocenters. The number of anilines is 2. The summed E-state index contributed by atoms with van der Waals surface area (Å²) in [5.74, 6) is 0.453. The summed E-state index contributed by atoms with van der Waals surface area (Å²) in [5.41, 5.74) is 2.08. The van der Waals surface area contributed by atoms with Gasteiger partial charge in [0.2, 0.25) is 0 Å². The zero-order valence-electron chi connectivity index (χ0n) is 11.5. The molecule has 104 valence electrons. The lowest BCUT2D eigenvalue weighted by Crippen LogP contribution is -2.12. The second-order valence-corrected chi connectivity index (χ2v) is 4.33. The molecule has 20 heavy (non-hydrogen) atoms. The highest BCUT2D eigenvalue weighted by molar-refractivity contribution is 5.83. The fraction of sp³-hybridized carbons (Fsp3) is 0.200. The van der Waals surface area contributed by atoms with Crippen LogP contribution in [-0.2, 0) is 4.74 Å². The van der Waals surface area contributed by atoms with Crippen LogP contribution >= 0.6 is 0 Å². The van der Waals surface area contributed by atoms with Crippen molar-refractivity contribution in [1.29, 1.82) is 0 Å². The van der Waals surface area contributed by atoms with Gasteiger partial charge in [-0.3, -0.25) is 5.32 Å². The largest absolute Gasteiger partial charge is 0.453 e. The average molecular weight is 271 g/mol. The van der Waals surface area contributed by atoms with Crippen molar-refractivity contribution in [3.8, 4) is 0 Å². The molecule has 0 bridgehead atoms. The number of aromatic nitrogens is 1. The number of amides is 1. The Morgan fingerprint density at radius 1 is 1.20 bits per heavy atom. The SMILES string of the molecule is COC(=O)Nc1ccc(NC(C)c2ccccc2)cn1. The van der Waals surface area contributed by atoms with E-state index in [2.05, 4.69) is 39.4 Å². The van der Waals surface area contributed by atoms with E-state index < -0.39 is 6.09 Å². The minimum absolute atomic E-state index is 0.178. The minimum Gasteiger partial charge on any atom is -0.453 e. The van der Waals surface area contributed by atoms with Gasteiger partial charge in [-0.25, -0.2) is 9.78 Å². The summed E-state index contributed by atoms with van der Waals surface area (Å²) in [7, 11) is 1.31. The highest BCUT2D eigenvalue weighted by Gasteiger charge is 2.05. The molecule has 0 spiro atoms. The first-order valence-electron chi connectivity index (χ1n) is 6.31. The van der Waals surface area contributed by atoms with Crippen LogP contribution in [0.1, 0.15) is 18.5 Å². The van der Waals surface area contributed by atoms with Gasteiger partial charge in [0, 0.05) is 6.04 Å². The zero-order valence-corrected chi connectivity index (χ0v) is 11.5. The number of pyridine rings is 1. The fourth-order valence-electron chi connectivity index (χ4n) is 1.78. The molecule has 0 saturated heterocycles. The number of hydrogen-bond donors (Lipinski definition) is 2. The molecule has 2 N–H and O–H groups in total. The lowest BCUT2D eigenvalue weighted by atomic mass is 10.1. The summed E-state index contributed by atoms with van der Waals surface area (Å²) in [4.78, 5) is 15.2. The Hall–Kier alpha value is -2.56. The van der Waals surface area contributed by atoms with Gasteiger partial charge in [-0.1, -0.05) is 30.3 Å². The van der Waals surface area contributed by atoms with Crippen LogP contribution in [0, 0.1) is 0 Å². The van der Waals surface area contributed by atoms with Crippen molar-refractivity contribution >= 4 is 17.6 Å². The van der Waals surface area contributed by atoms with Crippen LogP contribution in [0.4, 0.5) is 16.3 Å². The van der Waals surface area contributed by atoms with Gasteiger partial charge in [0.1, 0.15) is 5.82 Å². The highest BCUT2D eigenvalue weighted by Crippen LogP contribution is 2.19. The van der Waals surface area contributed by atoms with Crippen LogP contribution in [-0.4, -0.2) is 18.2 Å². The molecule has 2 rings (SSSR count). The Balaban J connectivity index is 1.98. The number of hydrogen-bond acceptors (Lipinski definition) is 4. The Morgan fingerprint density at radius 2 is 1.95 bits per heavy atom. The van der Waals surface area contributed by atoms with Gasteiger partial charge in [-0.05, 0) is 24.6 Å². The van der Waals surface area contributed by atoms with Gasteiger partial charge in [-0.2, -0.15) is 0 Å². The van der Waals surface area contributed by atoms with Crippen LogP contribution < -0.4 is 10.6 Å². The molecule has 5 nitrogen and oxygen atoms in total. The summed E-state index contributed by atoms with van der Waals surface area (Å²) in [6, 6.07) is 13.9. The maximum atomic E-state index is 11.0. The quantitative estimate of drug-likeness (QED) is 0.894. The molecule has 0 fully saturated rings. The number of methoxy groups -OCH3 is 1. The smallest absolute Gasteiger partial charge is 0.412 e. The van der Waals surface area contributed by atoms with Crippen LogP contribution in [0.25, 0.3) is 0 Å². The lowest BCUT2D eigenvalue weighted by Gasteiger charge is -2.15. The molecule has 0 aliphatic rings. The third kappa shape index (κ3) is 3.71. The van der Waals surface area contributed by atoms with Gasteiger partial charge in [0.25, 0.3) is 0 Å². The third-order valence-electron chi connectivity index (χ3n) is 2.86. The van der Waals surface area contributed by atoms with E-state index in [4.69, 9.17) is 0 Å². The maximum absolute atomic E-state index is 11.0. The Labute approximate surface area is 118 Å². The molecule has 0 aliphatic heterocycles. The maximum Gasteiger partial charge on any atom is 0.412 e. The van der Waals surface area contributed by atoms with Crippen molar-refractivity contribution in [1.82, 2.24) is 4.98 Å². The van der Waals surface area contributed by atoms with E-state index in [1.54, 1.807) is 12.3 Å². The molecule has 0 radical (unpaired) electrons. The molecule has 5 heteroatoms. The van der Waals surface area contributed by atoms with Crippen molar-refractivity contribution < 1.29 is 9.53 Å². The second kappa shape index (κ2) is 6.56. The van der Waals surface area contributed by atoms with E-state index >= 15 is 0 Å². The predicted octanol–water partition coefficient (Wildman–Crippen LogP) is 3.43. The second-order valence-electron chi connectivity index (χ2n) is 4.33. The molecular formula is C15H17N3O2. The predicted molar refractivity (Wildman–Crippen MR) is 78.7 cm³/mol. The topological polar surface area (TPSA) is 63.2 Å². The number of nitrogens with zero attached hydrogens (tertiary/aromatic N) is 1. The molecule has 0 saturated carbocycles. The Kier molecular flexibility index (Phi) is 4.55. The fourth-order valence-corrected chi connectivity index (χ4v) is 1.78. The summed E-state index contributed by atoms with van der Waals surface area (Å²) >= 11 is 0. The van der Waals surface area contributed by atoms with Crippen molar-refractivity contribution in [3.05, 3.63) is 54.2 Å². The molecule has 1 amide bonds. The van der Waals surface area contributed by atoms with Crippen molar-refractivity contribution in [2.45, 2.75) is 13.0 Å². The number of ether oxygens (including phenoxy) is 1. The van der Waals surface area contributed by atoms with E-state index in [1.807, 2.05) is 24.3 Å². The third-order valence-corrected chi connectivity index (χ3v) is 2.86. The van der Waals surface area contributed by atoms with E-state index in [9.17, 15) is 4.79 Å². The standard InChI is InChI=1S/C15H17N3O2/c1-11(12-6-4-3-5-7-12)17-13-8-9-14(16-10-13)18-15(19)20-2/h3-11,17H,1-2H3,(H,16,18,19). The van der Waals surface area contributed by atoms with Crippen molar-refractivity contribution in [2.75, 3.05) is 17.7 Å². The van der Waals surface area contributed by atoms with Gasteiger partial charge in [0.05, 0.1) is 19.0 Å².